The van der Waals surface area contributed by atoms with Gasteiger partial charge in [0.1, 0.15) is 6.61 Å². The lowest BCUT2D eigenvalue weighted by molar-refractivity contribution is 0.177. The first-order valence-electron chi connectivity index (χ1n) is 5.17. The minimum Gasteiger partial charge on any atom is -0.436 e. The Balaban J connectivity index is 2.20. The molecule has 0 unspecified atom stereocenters. The minimum atomic E-state index is 0.366. The van der Waals surface area contributed by atoms with E-state index < -0.39 is 0 Å². The summed E-state index contributed by atoms with van der Waals surface area (Å²) in [6.45, 7) is 2.25. The smallest absolute Gasteiger partial charge is 0.223 e. The van der Waals surface area contributed by atoms with Gasteiger partial charge in [-0.2, -0.15) is 10.1 Å². The van der Waals surface area contributed by atoms with Crippen LogP contribution in [0, 0.1) is 6.92 Å². The van der Waals surface area contributed by atoms with Gasteiger partial charge in [-0.25, -0.2) is 4.98 Å². The molecule has 0 aliphatic carbocycles. The summed E-state index contributed by atoms with van der Waals surface area (Å²) < 4.78 is 12.2. The van der Waals surface area contributed by atoms with Crippen molar-refractivity contribution in [2.75, 3.05) is 7.11 Å². The Morgan fingerprint density at radius 1 is 1.35 bits per heavy atom. The molecular formula is C11H14N4O2. The Kier molecular flexibility index (Phi) is 3.34. The van der Waals surface area contributed by atoms with Crippen molar-refractivity contribution in [1.82, 2.24) is 19.7 Å². The molecule has 0 radical (unpaired) electrons. The normalized spacial score (nSPS) is 10.5. The molecule has 2 aromatic heterocycles. The van der Waals surface area contributed by atoms with Crippen LogP contribution in [0.4, 0.5) is 0 Å². The molecule has 2 rings (SSSR count). The third-order valence-electron chi connectivity index (χ3n) is 2.05. The summed E-state index contributed by atoms with van der Waals surface area (Å²) in [4.78, 5) is 8.47. The SMILES string of the molecule is COCc1nc(C)cc(Oc2cnn(C)c2)n1. The van der Waals surface area contributed by atoms with Gasteiger partial charge in [0.2, 0.25) is 5.88 Å². The van der Waals surface area contributed by atoms with Crippen LogP contribution in [-0.4, -0.2) is 26.9 Å². The first kappa shape index (κ1) is 11.5. The van der Waals surface area contributed by atoms with Crippen LogP contribution in [0.1, 0.15) is 11.5 Å². The van der Waals surface area contributed by atoms with Crippen molar-refractivity contribution in [3.63, 3.8) is 0 Å². The number of hydrogen-bond donors (Lipinski definition) is 0. The summed E-state index contributed by atoms with van der Waals surface area (Å²) in [5.41, 5.74) is 0.839. The van der Waals surface area contributed by atoms with Crippen molar-refractivity contribution < 1.29 is 9.47 Å². The third-order valence-corrected chi connectivity index (χ3v) is 2.05. The van der Waals surface area contributed by atoms with Gasteiger partial charge in [0, 0.05) is 25.9 Å². The van der Waals surface area contributed by atoms with Crippen molar-refractivity contribution in [2.24, 2.45) is 7.05 Å². The van der Waals surface area contributed by atoms with Crippen LogP contribution in [0.5, 0.6) is 11.6 Å². The van der Waals surface area contributed by atoms with E-state index >= 15 is 0 Å². The average Bonchev–Trinajstić information content (AvgIpc) is 2.63. The van der Waals surface area contributed by atoms with Crippen LogP contribution < -0.4 is 4.74 Å². The standard InChI is InChI=1S/C11H14N4O2/c1-8-4-11(14-10(13-8)7-16-3)17-9-5-12-15(2)6-9/h4-6H,7H2,1-3H3. The van der Waals surface area contributed by atoms with Crippen LogP contribution in [0.3, 0.4) is 0 Å². The lowest BCUT2D eigenvalue weighted by Gasteiger charge is -2.05. The average molecular weight is 234 g/mol. The predicted molar refractivity (Wildman–Crippen MR) is 60.8 cm³/mol. The summed E-state index contributed by atoms with van der Waals surface area (Å²) in [5.74, 6) is 1.75. The van der Waals surface area contributed by atoms with E-state index in [-0.39, 0.29) is 0 Å². The van der Waals surface area contributed by atoms with E-state index in [4.69, 9.17) is 9.47 Å². The molecule has 0 amide bonds. The summed E-state index contributed by atoms with van der Waals surface area (Å²) >= 11 is 0. The van der Waals surface area contributed by atoms with Crippen molar-refractivity contribution in [1.29, 1.82) is 0 Å². The lowest BCUT2D eigenvalue weighted by atomic mass is 10.4. The van der Waals surface area contributed by atoms with Crippen LogP contribution in [0.25, 0.3) is 0 Å². The molecular weight excluding hydrogens is 220 g/mol. The zero-order valence-electron chi connectivity index (χ0n) is 10.0. The van der Waals surface area contributed by atoms with E-state index in [2.05, 4.69) is 15.1 Å². The first-order valence-corrected chi connectivity index (χ1v) is 5.17. The molecule has 2 aromatic rings. The molecule has 0 fully saturated rings. The highest BCUT2D eigenvalue weighted by Gasteiger charge is 2.05. The van der Waals surface area contributed by atoms with Crippen LogP contribution in [-0.2, 0) is 18.4 Å². The Morgan fingerprint density at radius 3 is 2.82 bits per heavy atom. The van der Waals surface area contributed by atoms with Gasteiger partial charge >= 0.3 is 0 Å². The van der Waals surface area contributed by atoms with Gasteiger partial charge in [0.05, 0.1) is 12.4 Å². The van der Waals surface area contributed by atoms with Crippen molar-refractivity contribution in [2.45, 2.75) is 13.5 Å². The quantitative estimate of drug-likeness (QED) is 0.801. The number of nitrogens with zero attached hydrogens (tertiary/aromatic N) is 4. The monoisotopic (exact) mass is 234 g/mol. The summed E-state index contributed by atoms with van der Waals surface area (Å²) in [7, 11) is 3.43. The van der Waals surface area contributed by atoms with Gasteiger partial charge in [0.25, 0.3) is 0 Å². The molecule has 0 saturated carbocycles. The van der Waals surface area contributed by atoms with Gasteiger partial charge in [-0.15, -0.1) is 0 Å². The molecule has 0 bridgehead atoms. The highest BCUT2D eigenvalue weighted by Crippen LogP contribution is 2.18. The molecule has 0 aromatic carbocycles. The fourth-order valence-corrected chi connectivity index (χ4v) is 1.42. The zero-order valence-corrected chi connectivity index (χ0v) is 10.0. The highest BCUT2D eigenvalue weighted by molar-refractivity contribution is 5.23. The maximum atomic E-state index is 5.58. The first-order chi connectivity index (χ1) is 8.17. The number of methoxy groups -OCH3 is 1. The van der Waals surface area contributed by atoms with Crippen LogP contribution >= 0.6 is 0 Å². The van der Waals surface area contributed by atoms with Crippen molar-refractivity contribution in [3.05, 3.63) is 30.0 Å². The Hall–Kier alpha value is -1.95. The van der Waals surface area contributed by atoms with Crippen molar-refractivity contribution >= 4 is 0 Å². The molecule has 2 heterocycles. The second-order valence-electron chi connectivity index (χ2n) is 3.65. The van der Waals surface area contributed by atoms with E-state index in [0.29, 0.717) is 24.1 Å². The highest BCUT2D eigenvalue weighted by atomic mass is 16.5. The predicted octanol–water partition coefficient (Wildman–Crippen LogP) is 1.46. The molecule has 6 nitrogen and oxygen atoms in total. The maximum Gasteiger partial charge on any atom is 0.223 e. The summed E-state index contributed by atoms with van der Waals surface area (Å²) in [6, 6.07) is 1.77. The molecule has 6 heteroatoms. The largest absolute Gasteiger partial charge is 0.436 e. The number of ether oxygens (including phenoxy) is 2. The molecule has 0 spiro atoms. The molecule has 0 aliphatic heterocycles. The van der Waals surface area contributed by atoms with Gasteiger partial charge in [-0.1, -0.05) is 0 Å². The number of aryl methyl sites for hydroxylation is 2. The lowest BCUT2D eigenvalue weighted by Crippen LogP contribution is -2.00. The van der Waals surface area contributed by atoms with E-state index in [0.717, 1.165) is 5.69 Å². The van der Waals surface area contributed by atoms with Gasteiger partial charge < -0.3 is 9.47 Å². The van der Waals surface area contributed by atoms with E-state index in [9.17, 15) is 0 Å². The number of hydrogen-bond acceptors (Lipinski definition) is 5. The third kappa shape index (κ3) is 3.01. The summed E-state index contributed by atoms with van der Waals surface area (Å²) in [5, 5.41) is 4.02. The van der Waals surface area contributed by atoms with E-state index in [1.165, 1.54) is 0 Å². The maximum absolute atomic E-state index is 5.58. The molecule has 90 valence electrons. The fourth-order valence-electron chi connectivity index (χ4n) is 1.42. The molecule has 0 saturated heterocycles. The zero-order chi connectivity index (χ0) is 12.3. The fraction of sp³-hybridized carbons (Fsp3) is 0.364. The number of aromatic nitrogens is 4. The Bertz CT molecular complexity index is 510. The second kappa shape index (κ2) is 4.92. The second-order valence-corrected chi connectivity index (χ2v) is 3.65. The molecule has 0 aliphatic rings. The van der Waals surface area contributed by atoms with Gasteiger partial charge in [-0.3, -0.25) is 4.68 Å². The van der Waals surface area contributed by atoms with E-state index in [1.54, 1.807) is 30.3 Å². The van der Waals surface area contributed by atoms with Gasteiger partial charge in [0.15, 0.2) is 11.6 Å². The van der Waals surface area contributed by atoms with E-state index in [1.807, 2.05) is 14.0 Å². The summed E-state index contributed by atoms with van der Waals surface area (Å²) in [6.07, 6.45) is 3.40. The molecule has 0 N–H and O–H groups in total. The number of rotatable bonds is 4. The van der Waals surface area contributed by atoms with Crippen molar-refractivity contribution in [3.8, 4) is 11.6 Å². The van der Waals surface area contributed by atoms with Gasteiger partial charge in [-0.05, 0) is 6.92 Å². The Morgan fingerprint density at radius 2 is 2.18 bits per heavy atom. The topological polar surface area (TPSA) is 62.1 Å². The molecule has 0 atom stereocenters. The Labute approximate surface area is 99.2 Å². The van der Waals surface area contributed by atoms with Crippen LogP contribution in [0.2, 0.25) is 0 Å². The minimum absolute atomic E-state index is 0.366. The molecule has 17 heavy (non-hydrogen) atoms. The van der Waals surface area contributed by atoms with Crippen LogP contribution in [0.15, 0.2) is 18.5 Å².